The lowest BCUT2D eigenvalue weighted by Gasteiger charge is -2.08. The predicted molar refractivity (Wildman–Crippen MR) is 75.2 cm³/mol. The molecule has 0 aliphatic heterocycles. The first kappa shape index (κ1) is 14.4. The van der Waals surface area contributed by atoms with Crippen molar-refractivity contribution >= 4 is 34.4 Å². The zero-order valence-corrected chi connectivity index (χ0v) is 11.7. The van der Waals surface area contributed by atoms with E-state index in [1.807, 2.05) is 0 Å². The van der Waals surface area contributed by atoms with E-state index >= 15 is 0 Å². The summed E-state index contributed by atoms with van der Waals surface area (Å²) in [6, 6.07) is 6.87. The smallest absolute Gasteiger partial charge is 0.354 e. The van der Waals surface area contributed by atoms with Gasteiger partial charge in [0, 0.05) is 22.5 Å². The summed E-state index contributed by atoms with van der Waals surface area (Å²) in [5.74, 6) is -1.39. The Hall–Kier alpha value is -2.01. The third-order valence-corrected chi connectivity index (χ3v) is 3.13. The molecule has 0 aliphatic rings. The highest BCUT2D eigenvalue weighted by Crippen LogP contribution is 2.24. The van der Waals surface area contributed by atoms with Crippen LogP contribution >= 0.6 is 11.6 Å². The molecular formula is C14H14ClNO4. The number of aromatic nitrogens is 1. The third kappa shape index (κ3) is 2.93. The number of benzene rings is 1. The van der Waals surface area contributed by atoms with Gasteiger partial charge in [-0.1, -0.05) is 11.6 Å². The first-order chi connectivity index (χ1) is 9.52. The summed E-state index contributed by atoms with van der Waals surface area (Å²) in [4.78, 5) is 22.7. The largest absolute Gasteiger partial charge is 0.481 e. The van der Waals surface area contributed by atoms with Gasteiger partial charge in [0.05, 0.1) is 13.0 Å². The van der Waals surface area contributed by atoms with E-state index < -0.39 is 11.9 Å². The molecule has 0 bridgehead atoms. The Morgan fingerprint density at radius 3 is 2.75 bits per heavy atom. The van der Waals surface area contributed by atoms with Gasteiger partial charge >= 0.3 is 11.9 Å². The number of rotatable bonds is 5. The minimum Gasteiger partial charge on any atom is -0.481 e. The Morgan fingerprint density at radius 2 is 2.10 bits per heavy atom. The highest BCUT2D eigenvalue weighted by molar-refractivity contribution is 6.31. The van der Waals surface area contributed by atoms with E-state index in [1.165, 1.54) is 0 Å². The maximum Gasteiger partial charge on any atom is 0.354 e. The second-order valence-electron chi connectivity index (χ2n) is 4.25. The fourth-order valence-electron chi connectivity index (χ4n) is 2.06. The van der Waals surface area contributed by atoms with Crippen molar-refractivity contribution in [3.8, 4) is 0 Å². The van der Waals surface area contributed by atoms with Crippen LogP contribution in [-0.2, 0) is 16.1 Å². The summed E-state index contributed by atoms with van der Waals surface area (Å²) in [6.45, 7) is 2.19. The number of aryl methyl sites for hydroxylation is 1. The van der Waals surface area contributed by atoms with Crippen molar-refractivity contribution in [3.63, 3.8) is 0 Å². The van der Waals surface area contributed by atoms with Gasteiger partial charge in [-0.15, -0.1) is 0 Å². The molecule has 0 spiro atoms. The number of carboxylic acids is 1. The van der Waals surface area contributed by atoms with Crippen LogP contribution in [0.2, 0.25) is 5.02 Å². The predicted octanol–water partition coefficient (Wildman–Crippen LogP) is 2.95. The zero-order chi connectivity index (χ0) is 14.7. The van der Waals surface area contributed by atoms with Gasteiger partial charge in [0.2, 0.25) is 0 Å². The number of fused-ring (bicyclic) bond motifs is 1. The van der Waals surface area contributed by atoms with Gasteiger partial charge in [0.25, 0.3) is 0 Å². The van der Waals surface area contributed by atoms with Crippen LogP contribution in [0.25, 0.3) is 10.9 Å². The first-order valence-corrected chi connectivity index (χ1v) is 6.58. The highest BCUT2D eigenvalue weighted by Gasteiger charge is 2.17. The second kappa shape index (κ2) is 5.96. The standard InChI is InChI=1S/C14H14ClNO4/c1-2-20-14(19)12-8-9-7-10(15)3-4-11(9)16(12)6-5-13(17)18/h3-4,7-8H,2,5-6H2,1H3,(H,17,18). The van der Waals surface area contributed by atoms with Crippen molar-refractivity contribution < 1.29 is 19.4 Å². The third-order valence-electron chi connectivity index (χ3n) is 2.90. The number of hydrogen-bond acceptors (Lipinski definition) is 3. The topological polar surface area (TPSA) is 68.5 Å². The Balaban J connectivity index is 2.50. The van der Waals surface area contributed by atoms with Crippen LogP contribution in [-0.4, -0.2) is 28.2 Å². The van der Waals surface area contributed by atoms with E-state index in [1.54, 1.807) is 35.8 Å². The number of hydrogen-bond donors (Lipinski definition) is 1. The molecule has 20 heavy (non-hydrogen) atoms. The maximum atomic E-state index is 11.9. The van der Waals surface area contributed by atoms with E-state index in [9.17, 15) is 9.59 Å². The fourth-order valence-corrected chi connectivity index (χ4v) is 2.24. The Labute approximate surface area is 120 Å². The number of ether oxygens (including phenoxy) is 1. The minimum absolute atomic E-state index is 0.0706. The van der Waals surface area contributed by atoms with Gasteiger partial charge in [-0.05, 0) is 31.2 Å². The van der Waals surface area contributed by atoms with Crippen LogP contribution in [0.15, 0.2) is 24.3 Å². The SMILES string of the molecule is CCOC(=O)c1cc2cc(Cl)ccc2n1CCC(=O)O. The molecule has 106 valence electrons. The Kier molecular flexibility index (Phi) is 4.29. The molecule has 1 heterocycles. The molecule has 5 nitrogen and oxygen atoms in total. The summed E-state index contributed by atoms with van der Waals surface area (Å²) in [7, 11) is 0. The molecule has 0 fully saturated rings. The Morgan fingerprint density at radius 1 is 1.35 bits per heavy atom. The van der Waals surface area contributed by atoms with Crippen LogP contribution in [0.4, 0.5) is 0 Å². The first-order valence-electron chi connectivity index (χ1n) is 6.20. The highest BCUT2D eigenvalue weighted by atomic mass is 35.5. The maximum absolute atomic E-state index is 11.9. The molecule has 0 amide bonds. The molecule has 1 aromatic carbocycles. The molecule has 1 N–H and O–H groups in total. The molecule has 0 atom stereocenters. The number of aliphatic carboxylic acids is 1. The van der Waals surface area contributed by atoms with Crippen molar-refractivity contribution in [2.24, 2.45) is 0 Å². The van der Waals surface area contributed by atoms with Gasteiger partial charge in [0.15, 0.2) is 0 Å². The Bertz CT molecular complexity index is 662. The van der Waals surface area contributed by atoms with Crippen molar-refractivity contribution in [2.75, 3.05) is 6.61 Å². The summed E-state index contributed by atoms with van der Waals surface area (Å²) < 4.78 is 6.65. The van der Waals surface area contributed by atoms with E-state index in [2.05, 4.69) is 0 Å². The van der Waals surface area contributed by atoms with E-state index in [-0.39, 0.29) is 19.6 Å². The molecule has 0 saturated carbocycles. The van der Waals surface area contributed by atoms with E-state index in [0.29, 0.717) is 10.7 Å². The van der Waals surface area contributed by atoms with E-state index in [4.69, 9.17) is 21.4 Å². The lowest BCUT2D eigenvalue weighted by atomic mass is 10.2. The summed E-state index contributed by atoms with van der Waals surface area (Å²) in [5, 5.41) is 10.2. The van der Waals surface area contributed by atoms with Crippen LogP contribution in [0, 0.1) is 0 Å². The summed E-state index contributed by atoms with van der Waals surface area (Å²) >= 11 is 5.93. The van der Waals surface area contributed by atoms with Gasteiger partial charge in [-0.25, -0.2) is 4.79 Å². The van der Waals surface area contributed by atoms with E-state index in [0.717, 1.165) is 10.9 Å². The molecular weight excluding hydrogens is 282 g/mol. The van der Waals surface area contributed by atoms with Crippen molar-refractivity contribution in [2.45, 2.75) is 19.9 Å². The summed E-state index contributed by atoms with van der Waals surface area (Å²) in [6.07, 6.45) is -0.0706. The van der Waals surface area contributed by atoms with Crippen LogP contribution in [0.5, 0.6) is 0 Å². The van der Waals surface area contributed by atoms with Crippen molar-refractivity contribution in [1.82, 2.24) is 4.57 Å². The van der Waals surface area contributed by atoms with Crippen molar-refractivity contribution in [3.05, 3.63) is 35.0 Å². The molecule has 0 unspecified atom stereocenters. The lowest BCUT2D eigenvalue weighted by molar-refractivity contribution is -0.137. The molecule has 6 heteroatoms. The monoisotopic (exact) mass is 295 g/mol. The molecule has 2 rings (SSSR count). The molecule has 0 aliphatic carbocycles. The average molecular weight is 296 g/mol. The second-order valence-corrected chi connectivity index (χ2v) is 4.68. The average Bonchev–Trinajstić information content (AvgIpc) is 2.74. The number of carbonyl (C=O) groups is 2. The minimum atomic E-state index is -0.921. The van der Waals surface area contributed by atoms with Crippen molar-refractivity contribution in [1.29, 1.82) is 0 Å². The molecule has 0 saturated heterocycles. The molecule has 2 aromatic rings. The quantitative estimate of drug-likeness (QED) is 0.861. The number of carbonyl (C=O) groups excluding carboxylic acids is 1. The normalized spacial score (nSPS) is 10.7. The molecule has 0 radical (unpaired) electrons. The fraction of sp³-hybridized carbons (Fsp3) is 0.286. The van der Waals surface area contributed by atoms with Crippen LogP contribution < -0.4 is 0 Å². The van der Waals surface area contributed by atoms with Crippen LogP contribution in [0.1, 0.15) is 23.8 Å². The van der Waals surface area contributed by atoms with Gasteiger partial charge < -0.3 is 14.4 Å². The lowest BCUT2D eigenvalue weighted by Crippen LogP contribution is -2.14. The summed E-state index contributed by atoms with van der Waals surface area (Å²) in [5.41, 5.74) is 1.10. The van der Waals surface area contributed by atoms with Gasteiger partial charge in [0.1, 0.15) is 5.69 Å². The number of carboxylic acid groups (broad SMARTS) is 1. The van der Waals surface area contributed by atoms with Gasteiger partial charge in [-0.2, -0.15) is 0 Å². The van der Waals surface area contributed by atoms with Gasteiger partial charge in [-0.3, -0.25) is 4.79 Å². The molecule has 1 aromatic heterocycles. The number of esters is 1. The number of nitrogens with zero attached hydrogens (tertiary/aromatic N) is 1. The number of halogens is 1. The van der Waals surface area contributed by atoms with Crippen LogP contribution in [0.3, 0.4) is 0 Å². The zero-order valence-electron chi connectivity index (χ0n) is 10.9.